The number of hydrogen-bond acceptors (Lipinski definition) is 1. The van der Waals surface area contributed by atoms with Gasteiger partial charge in [-0.15, -0.1) is 0 Å². The van der Waals surface area contributed by atoms with E-state index >= 15 is 0 Å². The highest BCUT2D eigenvalue weighted by Gasteiger charge is 2.07. The summed E-state index contributed by atoms with van der Waals surface area (Å²) in [6, 6.07) is 15.7. The predicted octanol–water partition coefficient (Wildman–Crippen LogP) is 4.26. The van der Waals surface area contributed by atoms with Crippen LogP contribution in [0.15, 0.2) is 48.5 Å². The topological polar surface area (TPSA) is 17.1 Å². The third-order valence-electron chi connectivity index (χ3n) is 3.18. The lowest BCUT2D eigenvalue weighted by Crippen LogP contribution is -2.07. The summed E-state index contributed by atoms with van der Waals surface area (Å²) in [6.45, 7) is 2.12. The van der Waals surface area contributed by atoms with Crippen LogP contribution < -0.4 is 0 Å². The quantitative estimate of drug-likeness (QED) is 0.795. The summed E-state index contributed by atoms with van der Waals surface area (Å²) in [5.41, 5.74) is 3.26. The Bertz CT molecular complexity index is 558. The van der Waals surface area contributed by atoms with Crippen molar-refractivity contribution < 1.29 is 4.79 Å². The minimum atomic E-state index is 0.192. The maximum absolute atomic E-state index is 12.0. The van der Waals surface area contributed by atoms with Crippen LogP contribution in [0.5, 0.6) is 0 Å². The van der Waals surface area contributed by atoms with Crippen LogP contribution in [0.4, 0.5) is 0 Å². The normalized spacial score (nSPS) is 10.4. The Labute approximate surface area is 119 Å². The molecule has 0 atom stereocenters. The van der Waals surface area contributed by atoms with Crippen molar-refractivity contribution in [1.29, 1.82) is 0 Å². The molecule has 2 aromatic rings. The van der Waals surface area contributed by atoms with E-state index in [1.54, 1.807) is 0 Å². The maximum Gasteiger partial charge on any atom is 0.141 e. The van der Waals surface area contributed by atoms with Gasteiger partial charge in [0.15, 0.2) is 0 Å². The van der Waals surface area contributed by atoms with Crippen LogP contribution in [0.25, 0.3) is 0 Å². The largest absolute Gasteiger partial charge is 0.299 e. The summed E-state index contributed by atoms with van der Waals surface area (Å²) in [4.78, 5) is 12.0. The predicted molar refractivity (Wildman–Crippen MR) is 79.7 cm³/mol. The molecule has 0 saturated carbocycles. The highest BCUT2D eigenvalue weighted by Crippen LogP contribution is 2.16. The van der Waals surface area contributed by atoms with Crippen molar-refractivity contribution in [2.75, 3.05) is 0 Å². The van der Waals surface area contributed by atoms with E-state index in [0.717, 1.165) is 17.5 Å². The Kier molecular flexibility index (Phi) is 4.75. The zero-order valence-electron chi connectivity index (χ0n) is 11.0. The van der Waals surface area contributed by atoms with Crippen molar-refractivity contribution in [1.82, 2.24) is 0 Å². The van der Waals surface area contributed by atoms with E-state index < -0.39 is 0 Å². The number of Topliss-reactive ketones (excluding diaryl/α,β-unsaturated/α-hetero) is 1. The highest BCUT2D eigenvalue weighted by molar-refractivity contribution is 6.31. The van der Waals surface area contributed by atoms with Gasteiger partial charge in [-0.1, -0.05) is 61.0 Å². The van der Waals surface area contributed by atoms with Gasteiger partial charge in [-0.25, -0.2) is 0 Å². The van der Waals surface area contributed by atoms with Gasteiger partial charge in [-0.05, 0) is 29.2 Å². The van der Waals surface area contributed by atoms with Gasteiger partial charge in [0, 0.05) is 17.9 Å². The van der Waals surface area contributed by atoms with Crippen molar-refractivity contribution in [3.05, 3.63) is 70.2 Å². The third kappa shape index (κ3) is 3.93. The molecule has 0 bridgehead atoms. The second-order valence-corrected chi connectivity index (χ2v) is 5.06. The van der Waals surface area contributed by atoms with Gasteiger partial charge in [-0.3, -0.25) is 4.79 Å². The maximum atomic E-state index is 12.0. The monoisotopic (exact) mass is 272 g/mol. The van der Waals surface area contributed by atoms with Crippen LogP contribution in [0.2, 0.25) is 5.02 Å². The molecule has 19 heavy (non-hydrogen) atoms. The first-order valence-electron chi connectivity index (χ1n) is 6.52. The molecule has 0 aliphatic carbocycles. The van der Waals surface area contributed by atoms with Crippen LogP contribution in [0.3, 0.4) is 0 Å². The Hall–Kier alpha value is -1.60. The van der Waals surface area contributed by atoms with Gasteiger partial charge in [0.1, 0.15) is 5.78 Å². The molecule has 2 rings (SSSR count). The van der Waals surface area contributed by atoms with Crippen molar-refractivity contribution >= 4 is 17.4 Å². The molecule has 0 aliphatic heterocycles. The zero-order chi connectivity index (χ0) is 13.7. The smallest absolute Gasteiger partial charge is 0.141 e. The summed E-state index contributed by atoms with van der Waals surface area (Å²) in [7, 11) is 0. The van der Waals surface area contributed by atoms with Crippen LogP contribution in [0.1, 0.15) is 23.6 Å². The van der Waals surface area contributed by atoms with Crippen LogP contribution in [-0.2, 0) is 24.1 Å². The summed E-state index contributed by atoms with van der Waals surface area (Å²) in [5.74, 6) is 0.192. The highest BCUT2D eigenvalue weighted by atomic mass is 35.5. The molecule has 0 spiro atoms. The Morgan fingerprint density at radius 2 is 1.58 bits per heavy atom. The third-order valence-corrected chi connectivity index (χ3v) is 3.55. The average molecular weight is 273 g/mol. The first-order chi connectivity index (χ1) is 9.19. The fraction of sp³-hybridized carbons (Fsp3) is 0.235. The average Bonchev–Trinajstić information content (AvgIpc) is 2.42. The summed E-state index contributed by atoms with van der Waals surface area (Å²) in [5, 5.41) is 0.664. The van der Waals surface area contributed by atoms with Gasteiger partial charge < -0.3 is 0 Å². The Balaban J connectivity index is 1.99. The number of carbonyl (C=O) groups excluding carboxylic acids is 1. The number of benzene rings is 2. The standard InChI is InChI=1S/C17H17ClO/c1-2-13-7-9-14(10-8-13)11-16(19)12-15-5-3-4-6-17(15)18/h3-10H,2,11-12H2,1H3. The second-order valence-electron chi connectivity index (χ2n) is 4.65. The van der Waals surface area contributed by atoms with Crippen LogP contribution in [-0.4, -0.2) is 5.78 Å². The Morgan fingerprint density at radius 3 is 2.21 bits per heavy atom. The number of aryl methyl sites for hydroxylation is 1. The molecule has 1 nitrogen and oxygen atoms in total. The van der Waals surface area contributed by atoms with E-state index in [1.807, 2.05) is 36.4 Å². The molecule has 0 aliphatic rings. The molecule has 0 aromatic heterocycles. The van der Waals surface area contributed by atoms with Crippen molar-refractivity contribution in [2.24, 2.45) is 0 Å². The lowest BCUT2D eigenvalue weighted by Gasteiger charge is -2.04. The number of halogens is 1. The second kappa shape index (κ2) is 6.53. The molecule has 0 heterocycles. The lowest BCUT2D eigenvalue weighted by atomic mass is 10.0. The van der Waals surface area contributed by atoms with E-state index in [1.165, 1.54) is 5.56 Å². The molecule has 0 amide bonds. The minimum absolute atomic E-state index is 0.192. The van der Waals surface area contributed by atoms with E-state index in [2.05, 4.69) is 19.1 Å². The first kappa shape index (κ1) is 13.8. The lowest BCUT2D eigenvalue weighted by molar-refractivity contribution is -0.117. The number of carbonyl (C=O) groups is 1. The van der Waals surface area contributed by atoms with Gasteiger partial charge >= 0.3 is 0 Å². The molecule has 2 aromatic carbocycles. The zero-order valence-corrected chi connectivity index (χ0v) is 11.8. The van der Waals surface area contributed by atoms with Crippen LogP contribution >= 0.6 is 11.6 Å². The Morgan fingerprint density at radius 1 is 0.947 bits per heavy atom. The SMILES string of the molecule is CCc1ccc(CC(=O)Cc2ccccc2Cl)cc1. The van der Waals surface area contributed by atoms with Crippen molar-refractivity contribution in [3.63, 3.8) is 0 Å². The molecule has 0 radical (unpaired) electrons. The minimum Gasteiger partial charge on any atom is -0.299 e. The first-order valence-corrected chi connectivity index (χ1v) is 6.89. The van der Waals surface area contributed by atoms with Crippen molar-refractivity contribution in [3.8, 4) is 0 Å². The van der Waals surface area contributed by atoms with E-state index in [0.29, 0.717) is 17.9 Å². The number of rotatable bonds is 5. The van der Waals surface area contributed by atoms with E-state index in [9.17, 15) is 4.79 Å². The van der Waals surface area contributed by atoms with E-state index in [-0.39, 0.29) is 5.78 Å². The van der Waals surface area contributed by atoms with Gasteiger partial charge in [0.05, 0.1) is 0 Å². The van der Waals surface area contributed by atoms with Gasteiger partial charge in [-0.2, -0.15) is 0 Å². The summed E-state index contributed by atoms with van der Waals surface area (Å²) >= 11 is 6.06. The molecular formula is C17H17ClO. The van der Waals surface area contributed by atoms with Crippen LogP contribution in [0, 0.1) is 0 Å². The van der Waals surface area contributed by atoms with Crippen molar-refractivity contribution in [2.45, 2.75) is 26.2 Å². The van der Waals surface area contributed by atoms with E-state index in [4.69, 9.17) is 11.6 Å². The number of ketones is 1. The summed E-state index contributed by atoms with van der Waals surface area (Å²) in [6.07, 6.45) is 1.89. The summed E-state index contributed by atoms with van der Waals surface area (Å²) < 4.78 is 0. The fourth-order valence-electron chi connectivity index (χ4n) is 2.04. The number of hydrogen-bond donors (Lipinski definition) is 0. The molecule has 0 unspecified atom stereocenters. The van der Waals surface area contributed by atoms with Gasteiger partial charge in [0.2, 0.25) is 0 Å². The molecule has 98 valence electrons. The molecule has 0 N–H and O–H groups in total. The molecule has 0 fully saturated rings. The molecular weight excluding hydrogens is 256 g/mol. The van der Waals surface area contributed by atoms with Gasteiger partial charge in [0.25, 0.3) is 0 Å². The molecule has 2 heteroatoms. The molecule has 0 saturated heterocycles. The fourth-order valence-corrected chi connectivity index (χ4v) is 2.24.